The minimum absolute atomic E-state index is 0.0862. The zero-order valence-electron chi connectivity index (χ0n) is 9.67. The molecule has 1 atom stereocenters. The topological polar surface area (TPSA) is 26.3 Å². The summed E-state index contributed by atoms with van der Waals surface area (Å²) in [7, 11) is 1.69. The highest BCUT2D eigenvalue weighted by Gasteiger charge is 2.12. The Morgan fingerprint density at radius 1 is 0.941 bits per heavy atom. The van der Waals surface area contributed by atoms with Gasteiger partial charge in [0.05, 0.1) is 0 Å². The SMILES string of the molecule is COC(c1ccccc1)c1ccc(C=O)cc1. The molecule has 0 aliphatic carbocycles. The van der Waals surface area contributed by atoms with E-state index in [-0.39, 0.29) is 6.10 Å². The van der Waals surface area contributed by atoms with Crippen LogP contribution in [0.5, 0.6) is 0 Å². The molecule has 0 heterocycles. The fourth-order valence-electron chi connectivity index (χ4n) is 1.84. The van der Waals surface area contributed by atoms with Gasteiger partial charge in [0.25, 0.3) is 0 Å². The molecule has 2 rings (SSSR count). The summed E-state index contributed by atoms with van der Waals surface area (Å²) in [5.74, 6) is 0. The van der Waals surface area contributed by atoms with E-state index in [1.54, 1.807) is 19.2 Å². The zero-order chi connectivity index (χ0) is 12.1. The molecule has 2 heteroatoms. The predicted molar refractivity (Wildman–Crippen MR) is 67.1 cm³/mol. The average Bonchev–Trinajstić information content (AvgIpc) is 2.42. The normalized spacial score (nSPS) is 12.1. The van der Waals surface area contributed by atoms with Gasteiger partial charge in [-0.1, -0.05) is 54.6 Å². The van der Waals surface area contributed by atoms with Crippen molar-refractivity contribution in [2.75, 3.05) is 7.11 Å². The van der Waals surface area contributed by atoms with Crippen molar-refractivity contribution in [3.8, 4) is 0 Å². The number of carbonyl (C=O) groups excluding carboxylic acids is 1. The van der Waals surface area contributed by atoms with Gasteiger partial charge in [0, 0.05) is 12.7 Å². The predicted octanol–water partition coefficient (Wildman–Crippen LogP) is 3.23. The summed E-state index contributed by atoms with van der Waals surface area (Å²) < 4.78 is 5.51. The Morgan fingerprint density at radius 2 is 1.53 bits per heavy atom. The molecule has 0 saturated heterocycles. The highest BCUT2D eigenvalue weighted by atomic mass is 16.5. The summed E-state index contributed by atoms with van der Waals surface area (Å²) in [6.07, 6.45) is 0.755. The molecule has 0 aliphatic rings. The third-order valence-corrected chi connectivity index (χ3v) is 2.71. The number of hydrogen-bond acceptors (Lipinski definition) is 2. The lowest BCUT2D eigenvalue weighted by molar-refractivity contribution is 0.112. The maximum absolute atomic E-state index is 10.6. The number of methoxy groups -OCH3 is 1. The van der Waals surface area contributed by atoms with E-state index in [1.807, 2.05) is 42.5 Å². The average molecular weight is 226 g/mol. The Kier molecular flexibility index (Phi) is 3.68. The van der Waals surface area contributed by atoms with Gasteiger partial charge in [0.15, 0.2) is 0 Å². The Morgan fingerprint density at radius 3 is 2.06 bits per heavy atom. The van der Waals surface area contributed by atoms with Gasteiger partial charge in [0.1, 0.15) is 12.4 Å². The number of benzene rings is 2. The molecule has 0 spiro atoms. The highest BCUT2D eigenvalue weighted by molar-refractivity contribution is 5.74. The summed E-state index contributed by atoms with van der Waals surface area (Å²) in [5, 5.41) is 0. The Bertz CT molecular complexity index is 474. The van der Waals surface area contributed by atoms with Crippen molar-refractivity contribution in [2.24, 2.45) is 0 Å². The molecule has 2 aromatic rings. The molecule has 0 bridgehead atoms. The summed E-state index contributed by atoms with van der Waals surface area (Å²) in [5.41, 5.74) is 2.83. The molecule has 17 heavy (non-hydrogen) atoms. The number of rotatable bonds is 4. The molecule has 2 nitrogen and oxygen atoms in total. The molecule has 0 aromatic heterocycles. The fraction of sp³-hybridized carbons (Fsp3) is 0.133. The van der Waals surface area contributed by atoms with Crippen molar-refractivity contribution >= 4 is 6.29 Å². The van der Waals surface area contributed by atoms with E-state index in [1.165, 1.54) is 0 Å². The maximum atomic E-state index is 10.6. The second-order valence-electron chi connectivity index (χ2n) is 3.81. The molecule has 0 radical (unpaired) electrons. The van der Waals surface area contributed by atoms with Crippen LogP contribution in [0.4, 0.5) is 0 Å². The van der Waals surface area contributed by atoms with Crippen LogP contribution in [0.15, 0.2) is 54.6 Å². The first kappa shape index (κ1) is 11.6. The summed E-state index contributed by atoms with van der Waals surface area (Å²) >= 11 is 0. The molecule has 0 fully saturated rings. The van der Waals surface area contributed by atoms with E-state index in [2.05, 4.69) is 0 Å². The summed E-state index contributed by atoms with van der Waals surface area (Å²) in [6, 6.07) is 17.5. The lowest BCUT2D eigenvalue weighted by atomic mass is 10.0. The van der Waals surface area contributed by atoms with Gasteiger partial charge in [-0.2, -0.15) is 0 Å². The van der Waals surface area contributed by atoms with Crippen molar-refractivity contribution in [1.29, 1.82) is 0 Å². The van der Waals surface area contributed by atoms with Crippen LogP contribution in [0.2, 0.25) is 0 Å². The Balaban J connectivity index is 2.32. The van der Waals surface area contributed by atoms with E-state index in [0.717, 1.165) is 17.4 Å². The number of carbonyl (C=O) groups is 1. The van der Waals surface area contributed by atoms with Gasteiger partial charge < -0.3 is 4.74 Å². The monoisotopic (exact) mass is 226 g/mol. The van der Waals surface area contributed by atoms with Crippen LogP contribution in [0.1, 0.15) is 27.6 Å². The summed E-state index contributed by atoms with van der Waals surface area (Å²) in [4.78, 5) is 10.6. The molecule has 0 amide bonds. The van der Waals surface area contributed by atoms with Crippen LogP contribution in [-0.4, -0.2) is 13.4 Å². The smallest absolute Gasteiger partial charge is 0.150 e. The number of aldehydes is 1. The van der Waals surface area contributed by atoms with Gasteiger partial charge in [-0.05, 0) is 11.1 Å². The third-order valence-electron chi connectivity index (χ3n) is 2.71. The van der Waals surface area contributed by atoms with Crippen molar-refractivity contribution in [3.63, 3.8) is 0 Å². The van der Waals surface area contributed by atoms with Crippen molar-refractivity contribution in [1.82, 2.24) is 0 Å². The van der Waals surface area contributed by atoms with Crippen LogP contribution in [-0.2, 0) is 4.74 Å². The van der Waals surface area contributed by atoms with E-state index in [0.29, 0.717) is 5.56 Å². The molecule has 2 aromatic carbocycles. The molecule has 86 valence electrons. The van der Waals surface area contributed by atoms with Gasteiger partial charge in [-0.15, -0.1) is 0 Å². The Hall–Kier alpha value is -1.93. The highest BCUT2D eigenvalue weighted by Crippen LogP contribution is 2.24. The molecular weight excluding hydrogens is 212 g/mol. The van der Waals surface area contributed by atoms with E-state index in [4.69, 9.17) is 4.74 Å². The minimum Gasteiger partial charge on any atom is -0.372 e. The van der Waals surface area contributed by atoms with Crippen LogP contribution in [0.3, 0.4) is 0 Å². The minimum atomic E-state index is -0.0862. The largest absolute Gasteiger partial charge is 0.372 e. The first-order valence-corrected chi connectivity index (χ1v) is 5.48. The molecule has 0 aliphatic heterocycles. The molecule has 0 saturated carbocycles. The van der Waals surface area contributed by atoms with Gasteiger partial charge in [-0.3, -0.25) is 4.79 Å². The van der Waals surface area contributed by atoms with Crippen LogP contribution >= 0.6 is 0 Å². The lowest BCUT2D eigenvalue weighted by Gasteiger charge is -2.16. The van der Waals surface area contributed by atoms with E-state index in [9.17, 15) is 4.79 Å². The first-order chi connectivity index (χ1) is 8.35. The quantitative estimate of drug-likeness (QED) is 0.748. The van der Waals surface area contributed by atoms with E-state index < -0.39 is 0 Å². The molecular formula is C15H14O2. The van der Waals surface area contributed by atoms with Gasteiger partial charge in [-0.25, -0.2) is 0 Å². The van der Waals surface area contributed by atoms with Gasteiger partial charge >= 0.3 is 0 Å². The fourth-order valence-corrected chi connectivity index (χ4v) is 1.84. The van der Waals surface area contributed by atoms with Crippen molar-refractivity contribution in [2.45, 2.75) is 6.10 Å². The summed E-state index contributed by atoms with van der Waals surface area (Å²) in [6.45, 7) is 0. The van der Waals surface area contributed by atoms with Crippen molar-refractivity contribution in [3.05, 3.63) is 71.3 Å². The first-order valence-electron chi connectivity index (χ1n) is 5.48. The number of ether oxygens (including phenoxy) is 1. The molecule has 0 N–H and O–H groups in total. The van der Waals surface area contributed by atoms with E-state index >= 15 is 0 Å². The van der Waals surface area contributed by atoms with Crippen LogP contribution in [0.25, 0.3) is 0 Å². The Labute approximate surface area is 101 Å². The van der Waals surface area contributed by atoms with Crippen molar-refractivity contribution < 1.29 is 9.53 Å². The molecule has 1 unspecified atom stereocenters. The zero-order valence-corrected chi connectivity index (χ0v) is 9.67. The van der Waals surface area contributed by atoms with Crippen LogP contribution in [0, 0.1) is 0 Å². The second kappa shape index (κ2) is 5.41. The van der Waals surface area contributed by atoms with Gasteiger partial charge in [0.2, 0.25) is 0 Å². The standard InChI is InChI=1S/C15H14O2/c1-17-15(13-5-3-2-4-6-13)14-9-7-12(11-16)8-10-14/h2-11,15H,1H3. The second-order valence-corrected chi connectivity index (χ2v) is 3.81. The van der Waals surface area contributed by atoms with Crippen LogP contribution < -0.4 is 0 Å². The maximum Gasteiger partial charge on any atom is 0.150 e. The third kappa shape index (κ3) is 2.60. The lowest BCUT2D eigenvalue weighted by Crippen LogP contribution is -2.03. The number of hydrogen-bond donors (Lipinski definition) is 0.